The zero-order chi connectivity index (χ0) is 18.1. The normalized spacial score (nSPS) is 17.0. The molecule has 6 heteroatoms. The molecule has 1 saturated heterocycles. The summed E-state index contributed by atoms with van der Waals surface area (Å²) in [6.45, 7) is 9.03. The van der Waals surface area contributed by atoms with Crippen LogP contribution >= 0.6 is 0 Å². The molecule has 1 aliphatic heterocycles. The van der Waals surface area contributed by atoms with Gasteiger partial charge in [0.25, 0.3) is 0 Å². The van der Waals surface area contributed by atoms with Gasteiger partial charge in [-0.1, -0.05) is 12.6 Å². The molecule has 0 radical (unpaired) electrons. The Balaban J connectivity index is 1.91. The molecule has 6 nitrogen and oxygen atoms in total. The number of amides is 2. The van der Waals surface area contributed by atoms with Crippen LogP contribution in [0.25, 0.3) is 10.9 Å². The van der Waals surface area contributed by atoms with Gasteiger partial charge >= 0.3 is 0 Å². The number of benzene rings is 1. The number of aromatic amines is 1. The van der Waals surface area contributed by atoms with Crippen LogP contribution < -0.4 is 11.1 Å². The molecule has 1 aromatic carbocycles. The van der Waals surface area contributed by atoms with Crippen LogP contribution in [0.3, 0.4) is 0 Å². The smallest absolute Gasteiger partial charge is 0.246 e. The van der Waals surface area contributed by atoms with Crippen molar-refractivity contribution in [2.75, 3.05) is 18.4 Å². The van der Waals surface area contributed by atoms with Crippen LogP contribution in [-0.4, -0.2) is 40.8 Å². The van der Waals surface area contributed by atoms with E-state index in [0.29, 0.717) is 6.54 Å². The van der Waals surface area contributed by atoms with Crippen molar-refractivity contribution >= 4 is 28.4 Å². The van der Waals surface area contributed by atoms with Crippen LogP contribution in [0.2, 0.25) is 0 Å². The number of primary amides is 1. The van der Waals surface area contributed by atoms with Gasteiger partial charge in [0.2, 0.25) is 11.8 Å². The first kappa shape index (κ1) is 17.1. The zero-order valence-corrected chi connectivity index (χ0v) is 14.7. The lowest BCUT2D eigenvalue weighted by atomic mass is 10.0. The van der Waals surface area contributed by atoms with E-state index >= 15 is 0 Å². The number of nitrogens with two attached hydrogens (primary N) is 1. The molecule has 1 aliphatic rings. The Bertz CT molecular complexity index is 853. The number of H-pyrrole nitrogens is 1. The quantitative estimate of drug-likeness (QED) is 0.727. The highest BCUT2D eigenvalue weighted by Gasteiger charge is 2.25. The fraction of sp³-hybridized carbons (Fsp3) is 0.368. The minimum Gasteiger partial charge on any atom is -0.380 e. The van der Waals surface area contributed by atoms with Crippen LogP contribution in [0.4, 0.5) is 5.69 Å². The number of hydrogen-bond acceptors (Lipinski definition) is 3. The highest BCUT2D eigenvalue weighted by Crippen LogP contribution is 2.32. The summed E-state index contributed by atoms with van der Waals surface area (Å²) < 4.78 is 0. The maximum Gasteiger partial charge on any atom is 0.246 e. The van der Waals surface area contributed by atoms with Gasteiger partial charge in [-0.05, 0) is 43.5 Å². The van der Waals surface area contributed by atoms with Gasteiger partial charge in [0, 0.05) is 35.9 Å². The van der Waals surface area contributed by atoms with Crippen molar-refractivity contribution in [1.29, 1.82) is 0 Å². The summed E-state index contributed by atoms with van der Waals surface area (Å²) in [6, 6.07) is 4.13. The third-order valence-electron chi connectivity index (χ3n) is 4.94. The monoisotopic (exact) mass is 340 g/mol. The van der Waals surface area contributed by atoms with Crippen molar-refractivity contribution < 1.29 is 9.59 Å². The lowest BCUT2D eigenvalue weighted by Crippen LogP contribution is -2.30. The standard InChI is InChI=1S/C19H24N4O2/c1-4-17(25)23-8-7-14(10-23)22-15-6-5-13(9-16(20)24)19-18(15)11(2)12(3)21-19/h4-6,14,21-22H,1,7-10H2,2-3H3,(H2,20,24)/t14-/m1/s1. The number of aryl methyl sites for hydroxylation is 2. The molecule has 0 saturated carbocycles. The summed E-state index contributed by atoms with van der Waals surface area (Å²) in [5.74, 6) is -0.374. The largest absolute Gasteiger partial charge is 0.380 e. The number of carbonyl (C=O) groups excluding carboxylic acids is 2. The lowest BCUT2D eigenvalue weighted by Gasteiger charge is -2.18. The van der Waals surface area contributed by atoms with Crippen molar-refractivity contribution in [2.24, 2.45) is 5.73 Å². The van der Waals surface area contributed by atoms with Crippen LogP contribution in [0.5, 0.6) is 0 Å². The highest BCUT2D eigenvalue weighted by atomic mass is 16.2. The summed E-state index contributed by atoms with van der Waals surface area (Å²) in [4.78, 5) is 28.3. The molecule has 2 amide bonds. The van der Waals surface area contributed by atoms with Crippen molar-refractivity contribution in [3.05, 3.63) is 41.6 Å². The SMILES string of the molecule is C=CC(=O)N1CC[C@@H](Nc2ccc(CC(N)=O)c3[nH]c(C)c(C)c23)C1. The fourth-order valence-corrected chi connectivity index (χ4v) is 3.53. The third kappa shape index (κ3) is 3.24. The van der Waals surface area contributed by atoms with Gasteiger partial charge in [-0.2, -0.15) is 0 Å². The van der Waals surface area contributed by atoms with Crippen molar-refractivity contribution in [3.63, 3.8) is 0 Å². The first-order chi connectivity index (χ1) is 11.9. The third-order valence-corrected chi connectivity index (χ3v) is 4.94. The summed E-state index contributed by atoms with van der Waals surface area (Å²) in [5, 5.41) is 4.65. The van der Waals surface area contributed by atoms with Crippen molar-refractivity contribution in [3.8, 4) is 0 Å². The minimum atomic E-state index is -0.346. The molecule has 4 N–H and O–H groups in total. The molecule has 25 heavy (non-hydrogen) atoms. The van der Waals surface area contributed by atoms with Gasteiger partial charge in [-0.25, -0.2) is 0 Å². The molecule has 1 aromatic heterocycles. The van der Waals surface area contributed by atoms with Crippen molar-refractivity contribution in [2.45, 2.75) is 32.7 Å². The van der Waals surface area contributed by atoms with Crippen LogP contribution in [0.1, 0.15) is 23.2 Å². The second-order valence-corrected chi connectivity index (χ2v) is 6.66. The fourth-order valence-electron chi connectivity index (χ4n) is 3.53. The Morgan fingerprint density at radius 1 is 1.44 bits per heavy atom. The van der Waals surface area contributed by atoms with E-state index in [1.165, 1.54) is 6.08 Å². The number of carbonyl (C=O) groups is 2. The van der Waals surface area contributed by atoms with Crippen LogP contribution in [0.15, 0.2) is 24.8 Å². The molecule has 0 spiro atoms. The van der Waals surface area contributed by atoms with E-state index in [1.807, 2.05) is 19.1 Å². The average Bonchev–Trinajstić information content (AvgIpc) is 3.15. The summed E-state index contributed by atoms with van der Waals surface area (Å²) in [5.41, 5.74) is 10.5. The Labute approximate surface area is 147 Å². The molecule has 0 aliphatic carbocycles. The van der Waals surface area contributed by atoms with Gasteiger partial charge in [-0.15, -0.1) is 0 Å². The molecular formula is C19H24N4O2. The van der Waals surface area contributed by atoms with Crippen molar-refractivity contribution in [1.82, 2.24) is 9.88 Å². The zero-order valence-electron chi connectivity index (χ0n) is 14.7. The first-order valence-electron chi connectivity index (χ1n) is 8.47. The molecule has 2 heterocycles. The predicted octanol–water partition coefficient (Wildman–Crippen LogP) is 2.01. The minimum absolute atomic E-state index is 0.0278. The molecule has 132 valence electrons. The lowest BCUT2D eigenvalue weighted by molar-refractivity contribution is -0.125. The topological polar surface area (TPSA) is 91.2 Å². The van der Waals surface area contributed by atoms with E-state index in [0.717, 1.165) is 46.4 Å². The number of anilines is 1. The Kier molecular flexibility index (Phi) is 4.53. The van der Waals surface area contributed by atoms with E-state index in [9.17, 15) is 9.59 Å². The van der Waals surface area contributed by atoms with Gasteiger partial charge in [0.05, 0.1) is 11.9 Å². The van der Waals surface area contributed by atoms with E-state index < -0.39 is 0 Å². The van der Waals surface area contributed by atoms with Gasteiger partial charge in [0.15, 0.2) is 0 Å². The number of hydrogen-bond donors (Lipinski definition) is 3. The van der Waals surface area contributed by atoms with Crippen LogP contribution in [0, 0.1) is 13.8 Å². The van der Waals surface area contributed by atoms with E-state index in [1.54, 1.807) is 4.90 Å². The van der Waals surface area contributed by atoms with Gasteiger partial charge in [0.1, 0.15) is 0 Å². The van der Waals surface area contributed by atoms with E-state index in [2.05, 4.69) is 23.8 Å². The van der Waals surface area contributed by atoms with Crippen LogP contribution in [-0.2, 0) is 16.0 Å². The number of aromatic nitrogens is 1. The number of fused-ring (bicyclic) bond motifs is 1. The highest BCUT2D eigenvalue weighted by molar-refractivity contribution is 5.99. The summed E-state index contributed by atoms with van der Waals surface area (Å²) in [6.07, 6.45) is 2.46. The Morgan fingerprint density at radius 3 is 2.88 bits per heavy atom. The summed E-state index contributed by atoms with van der Waals surface area (Å²) >= 11 is 0. The predicted molar refractivity (Wildman–Crippen MR) is 99.5 cm³/mol. The second-order valence-electron chi connectivity index (χ2n) is 6.66. The average molecular weight is 340 g/mol. The number of nitrogens with one attached hydrogen (secondary N) is 2. The maximum atomic E-state index is 11.8. The summed E-state index contributed by atoms with van der Waals surface area (Å²) in [7, 11) is 0. The molecule has 0 unspecified atom stereocenters. The number of nitrogens with zero attached hydrogens (tertiary/aromatic N) is 1. The maximum absolute atomic E-state index is 11.8. The number of likely N-dealkylation sites (tertiary alicyclic amines) is 1. The molecule has 1 fully saturated rings. The molecule has 3 rings (SSSR count). The number of rotatable bonds is 5. The first-order valence-corrected chi connectivity index (χ1v) is 8.47. The molecule has 0 bridgehead atoms. The molecule has 1 atom stereocenters. The molecular weight excluding hydrogens is 316 g/mol. The molecule has 2 aromatic rings. The van der Waals surface area contributed by atoms with E-state index in [-0.39, 0.29) is 24.3 Å². The Hall–Kier alpha value is -2.76. The van der Waals surface area contributed by atoms with Gasteiger partial charge < -0.3 is 20.9 Å². The van der Waals surface area contributed by atoms with Gasteiger partial charge in [-0.3, -0.25) is 9.59 Å². The van der Waals surface area contributed by atoms with E-state index in [4.69, 9.17) is 5.73 Å². The Morgan fingerprint density at radius 2 is 2.20 bits per heavy atom. The second kappa shape index (κ2) is 6.63.